The van der Waals surface area contributed by atoms with E-state index in [4.69, 9.17) is 24.3 Å². The molecule has 0 aliphatic heterocycles. The number of hydrogen-bond donors (Lipinski definition) is 1. The van der Waals surface area contributed by atoms with Crippen molar-refractivity contribution in [2.75, 3.05) is 37.9 Å². The summed E-state index contributed by atoms with van der Waals surface area (Å²) in [4.78, 5) is 21.1. The Morgan fingerprint density at radius 1 is 0.979 bits per heavy atom. The number of fused-ring (bicyclic) bond motifs is 1. The Bertz CT molecular complexity index is 1820. The number of unbranched alkanes of at least 4 members (excludes halogenated alkanes) is 2. The minimum atomic E-state index is -3.74. The van der Waals surface area contributed by atoms with Gasteiger partial charge in [-0.2, -0.15) is 0 Å². The lowest BCUT2D eigenvalue weighted by atomic mass is 9.95. The molecule has 0 saturated carbocycles. The summed E-state index contributed by atoms with van der Waals surface area (Å²) in [7, 11) is 0.888. The number of hydrogen-bond acceptors (Lipinski definition) is 8. The van der Waals surface area contributed by atoms with Gasteiger partial charge < -0.3 is 19.2 Å². The summed E-state index contributed by atoms with van der Waals surface area (Å²) in [5.74, 6) is 2.95. The van der Waals surface area contributed by atoms with Crippen molar-refractivity contribution in [1.29, 1.82) is 0 Å². The Morgan fingerprint density at radius 3 is 2.40 bits per heavy atom. The number of aryl methyl sites for hydroxylation is 2. The van der Waals surface area contributed by atoms with Crippen molar-refractivity contribution in [2.24, 2.45) is 5.92 Å². The molecule has 256 valence electrons. The molecule has 1 N–H and O–H groups in total. The molecule has 4 rings (SSSR count). The van der Waals surface area contributed by atoms with E-state index in [1.54, 1.807) is 49.1 Å². The summed E-state index contributed by atoms with van der Waals surface area (Å²) in [5.41, 5.74) is 2.44. The van der Waals surface area contributed by atoms with Gasteiger partial charge in [0.2, 0.25) is 10.0 Å². The topological polar surface area (TPSA) is 128 Å². The summed E-state index contributed by atoms with van der Waals surface area (Å²) in [5, 5.41) is 4.88. The van der Waals surface area contributed by atoms with E-state index >= 15 is 0 Å². The van der Waals surface area contributed by atoms with Crippen LogP contribution >= 0.6 is 0 Å². The number of imidazole rings is 1. The van der Waals surface area contributed by atoms with E-state index < -0.39 is 10.0 Å². The highest BCUT2D eigenvalue weighted by Crippen LogP contribution is 2.33. The summed E-state index contributed by atoms with van der Waals surface area (Å²) in [6.45, 7) is 8.66. The van der Waals surface area contributed by atoms with Gasteiger partial charge in [-0.15, -0.1) is 5.10 Å². The molecule has 2 aromatic heterocycles. The van der Waals surface area contributed by atoms with Crippen LogP contribution in [0.4, 0.5) is 5.69 Å². The lowest BCUT2D eigenvalue weighted by molar-refractivity contribution is 0.318. The first kappa shape index (κ1) is 35.8. The van der Waals surface area contributed by atoms with E-state index in [9.17, 15) is 13.2 Å². The van der Waals surface area contributed by atoms with Crippen LogP contribution in [0, 0.1) is 12.8 Å². The molecular formula is C35H49N5O6S. The molecule has 1 unspecified atom stereocenters. The van der Waals surface area contributed by atoms with E-state index in [1.165, 1.54) is 17.8 Å². The maximum atomic E-state index is 13.5. The smallest absolute Gasteiger partial charge is 0.277 e. The molecule has 0 spiro atoms. The predicted octanol–water partition coefficient (Wildman–Crippen LogP) is 6.36. The number of sulfonamides is 1. The maximum absolute atomic E-state index is 13.5. The summed E-state index contributed by atoms with van der Waals surface area (Å²) < 4.78 is 46.7. The van der Waals surface area contributed by atoms with Gasteiger partial charge in [0.15, 0.2) is 22.8 Å². The molecule has 1 atom stereocenters. The first-order valence-electron chi connectivity index (χ1n) is 16.5. The van der Waals surface area contributed by atoms with Crippen molar-refractivity contribution in [2.45, 2.75) is 79.1 Å². The van der Waals surface area contributed by atoms with Gasteiger partial charge in [0.05, 0.1) is 43.5 Å². The molecule has 0 aliphatic rings. The molecule has 0 fully saturated rings. The van der Waals surface area contributed by atoms with Crippen LogP contribution in [0.3, 0.4) is 0 Å². The van der Waals surface area contributed by atoms with E-state index in [0.29, 0.717) is 58.7 Å². The maximum Gasteiger partial charge on any atom is 0.277 e. The SMILES string of the molecule is CCCCCC(CC)Cc1nc(C)c2c(=O)[nH]c(-c3cc(N(C)S(=O)(=O)CCc4ccc(OC)c(OC)c4)ccc3OCCC)nn12. The molecule has 12 heteroatoms. The molecular weight excluding hydrogens is 618 g/mol. The van der Waals surface area contributed by atoms with E-state index in [1.807, 2.05) is 19.9 Å². The highest BCUT2D eigenvalue weighted by Gasteiger charge is 2.23. The van der Waals surface area contributed by atoms with Crippen molar-refractivity contribution in [3.63, 3.8) is 0 Å². The first-order chi connectivity index (χ1) is 22.6. The van der Waals surface area contributed by atoms with Gasteiger partial charge in [0, 0.05) is 13.5 Å². The third kappa shape index (κ3) is 8.46. The highest BCUT2D eigenvalue weighted by molar-refractivity contribution is 7.92. The second kappa shape index (κ2) is 16.2. The van der Waals surface area contributed by atoms with Crippen LogP contribution in [0.5, 0.6) is 17.2 Å². The molecule has 0 radical (unpaired) electrons. The van der Waals surface area contributed by atoms with E-state index in [0.717, 1.165) is 43.5 Å². The molecule has 4 aromatic rings. The van der Waals surface area contributed by atoms with Gasteiger partial charge in [0.25, 0.3) is 5.56 Å². The fourth-order valence-corrected chi connectivity index (χ4v) is 6.90. The molecule has 0 saturated heterocycles. The van der Waals surface area contributed by atoms with Crippen LogP contribution in [0.1, 0.15) is 76.4 Å². The number of nitrogens with one attached hydrogen (secondary N) is 1. The van der Waals surface area contributed by atoms with Crippen molar-refractivity contribution >= 4 is 21.2 Å². The summed E-state index contributed by atoms with van der Waals surface area (Å²) in [6, 6.07) is 10.5. The standard InChI is InChI=1S/C35H49N5O6S/c1-8-11-12-13-25(10-3)22-32-36-24(4)33-35(41)37-34(38-40(32)33)28-23-27(15-17-29(28)46-19-9-2)39(5)47(42,43)20-18-26-14-16-30(44-6)31(21-26)45-7/h14-17,21,23,25H,8-13,18-20,22H2,1-7H3,(H,37,38,41). The number of methoxy groups -OCH3 is 2. The summed E-state index contributed by atoms with van der Waals surface area (Å²) >= 11 is 0. The normalized spacial score (nSPS) is 12.3. The fraction of sp³-hybridized carbons (Fsp3) is 0.514. The Balaban J connectivity index is 1.69. The average molecular weight is 668 g/mol. The highest BCUT2D eigenvalue weighted by atomic mass is 32.2. The Labute approximate surface area is 278 Å². The molecule has 11 nitrogen and oxygen atoms in total. The summed E-state index contributed by atoms with van der Waals surface area (Å²) in [6.07, 6.45) is 7.39. The third-order valence-electron chi connectivity index (χ3n) is 8.56. The van der Waals surface area contributed by atoms with Crippen LogP contribution in [0.15, 0.2) is 41.2 Å². The van der Waals surface area contributed by atoms with Crippen molar-refractivity contribution in [3.05, 3.63) is 63.8 Å². The van der Waals surface area contributed by atoms with Gasteiger partial charge >= 0.3 is 0 Å². The minimum absolute atomic E-state index is 0.127. The van der Waals surface area contributed by atoms with Crippen molar-refractivity contribution < 1.29 is 22.6 Å². The van der Waals surface area contributed by atoms with E-state index in [2.05, 4.69) is 18.8 Å². The number of anilines is 1. The second-order valence-corrected chi connectivity index (χ2v) is 14.0. The van der Waals surface area contributed by atoms with Crippen LogP contribution in [-0.4, -0.2) is 61.6 Å². The van der Waals surface area contributed by atoms with Crippen LogP contribution in [-0.2, 0) is 22.9 Å². The number of H-pyrrole nitrogens is 1. The average Bonchev–Trinajstić information content (AvgIpc) is 3.39. The number of nitrogens with zero attached hydrogens (tertiary/aromatic N) is 4. The Morgan fingerprint density at radius 2 is 1.72 bits per heavy atom. The van der Waals surface area contributed by atoms with Gasteiger partial charge in [-0.3, -0.25) is 9.10 Å². The van der Waals surface area contributed by atoms with Crippen LogP contribution in [0.2, 0.25) is 0 Å². The Kier molecular flexibility index (Phi) is 12.3. The molecule has 0 amide bonds. The zero-order chi connectivity index (χ0) is 34.1. The van der Waals surface area contributed by atoms with Crippen LogP contribution < -0.4 is 24.1 Å². The van der Waals surface area contributed by atoms with Gasteiger partial charge in [-0.1, -0.05) is 58.9 Å². The van der Waals surface area contributed by atoms with Gasteiger partial charge in [-0.05, 0) is 61.6 Å². The molecule has 2 heterocycles. The number of aromatic amines is 1. The van der Waals surface area contributed by atoms with Crippen molar-refractivity contribution in [1.82, 2.24) is 19.6 Å². The monoisotopic (exact) mass is 667 g/mol. The quantitative estimate of drug-likeness (QED) is 0.122. The predicted molar refractivity (Wildman–Crippen MR) is 187 cm³/mol. The number of benzene rings is 2. The number of ether oxygens (including phenoxy) is 3. The van der Waals surface area contributed by atoms with Crippen LogP contribution in [0.25, 0.3) is 16.9 Å². The van der Waals surface area contributed by atoms with Gasteiger partial charge in [-0.25, -0.2) is 17.9 Å². The molecule has 2 aromatic carbocycles. The Hall–Kier alpha value is -4.06. The fourth-order valence-electron chi connectivity index (χ4n) is 5.70. The zero-order valence-corrected chi connectivity index (χ0v) is 29.6. The lowest BCUT2D eigenvalue weighted by Gasteiger charge is -2.21. The third-order valence-corrected chi connectivity index (χ3v) is 10.3. The second-order valence-electron chi connectivity index (χ2n) is 11.9. The largest absolute Gasteiger partial charge is 0.493 e. The number of aromatic nitrogens is 4. The molecule has 0 aliphatic carbocycles. The zero-order valence-electron chi connectivity index (χ0n) is 28.8. The minimum Gasteiger partial charge on any atom is -0.493 e. The molecule has 0 bridgehead atoms. The van der Waals surface area contributed by atoms with Crippen molar-refractivity contribution in [3.8, 4) is 28.6 Å². The van der Waals surface area contributed by atoms with Gasteiger partial charge in [0.1, 0.15) is 11.6 Å². The number of rotatable bonds is 18. The first-order valence-corrected chi connectivity index (χ1v) is 18.1. The lowest BCUT2D eigenvalue weighted by Crippen LogP contribution is -2.30. The molecule has 47 heavy (non-hydrogen) atoms. The van der Waals surface area contributed by atoms with E-state index in [-0.39, 0.29) is 23.6 Å².